The molecule has 0 bridgehead atoms. The first-order valence-electron chi connectivity index (χ1n) is 8.96. The minimum Gasteiger partial charge on any atom is -0.348 e. The molecule has 4 N–H and O–H groups in total. The summed E-state index contributed by atoms with van der Waals surface area (Å²) in [6, 6.07) is 7.38. The van der Waals surface area contributed by atoms with Gasteiger partial charge in [0.25, 0.3) is 11.8 Å². The van der Waals surface area contributed by atoms with Gasteiger partial charge in [0.15, 0.2) is 13.1 Å². The van der Waals surface area contributed by atoms with Crippen LogP contribution in [0.1, 0.15) is 19.8 Å². The highest BCUT2D eigenvalue weighted by Gasteiger charge is 2.23. The second kappa shape index (κ2) is 9.75. The molecule has 0 radical (unpaired) electrons. The minimum absolute atomic E-state index is 0.00740. The summed E-state index contributed by atoms with van der Waals surface area (Å²) in [5, 5.41) is 6.39. The van der Waals surface area contributed by atoms with Gasteiger partial charge in [-0.2, -0.15) is 0 Å². The first-order chi connectivity index (χ1) is 12.0. The summed E-state index contributed by atoms with van der Waals surface area (Å²) in [6.07, 6.45) is 2.06. The van der Waals surface area contributed by atoms with Crippen molar-refractivity contribution in [1.29, 1.82) is 0 Å². The first-order valence-corrected chi connectivity index (χ1v) is 9.34. The van der Waals surface area contributed by atoms with Crippen LogP contribution in [-0.2, 0) is 9.59 Å². The van der Waals surface area contributed by atoms with Gasteiger partial charge in [-0.1, -0.05) is 23.7 Å². The molecule has 0 aromatic heterocycles. The molecule has 1 fully saturated rings. The maximum Gasteiger partial charge on any atom is 0.279 e. The summed E-state index contributed by atoms with van der Waals surface area (Å²) in [7, 11) is 1.84. The Balaban J connectivity index is 1.70. The molecular weight excluding hydrogens is 340 g/mol. The molecule has 6 nitrogen and oxygen atoms in total. The van der Waals surface area contributed by atoms with E-state index in [4.69, 9.17) is 11.6 Å². The predicted octanol–water partition coefficient (Wildman–Crippen LogP) is -1.02. The van der Waals surface area contributed by atoms with Crippen molar-refractivity contribution in [3.8, 4) is 0 Å². The number of rotatable bonds is 7. The number of halogens is 1. The van der Waals surface area contributed by atoms with E-state index in [1.165, 1.54) is 0 Å². The summed E-state index contributed by atoms with van der Waals surface area (Å²) < 4.78 is 0. The van der Waals surface area contributed by atoms with Crippen LogP contribution >= 0.6 is 11.6 Å². The number of hydrogen-bond acceptors (Lipinski definition) is 2. The number of likely N-dealkylation sites (N-methyl/N-ethyl adjacent to an activating group) is 1. The second-order valence-corrected chi connectivity index (χ2v) is 7.19. The summed E-state index contributed by atoms with van der Waals surface area (Å²) in [5.41, 5.74) is 0.594. The minimum atomic E-state index is -0.154. The number of nitrogens with one attached hydrogen (secondary N) is 4. The van der Waals surface area contributed by atoms with Crippen LogP contribution in [0.4, 0.5) is 5.69 Å². The molecule has 1 aromatic rings. The Bertz CT molecular complexity index is 588. The van der Waals surface area contributed by atoms with E-state index in [-0.39, 0.29) is 30.9 Å². The molecule has 1 saturated heterocycles. The Morgan fingerprint density at radius 3 is 2.48 bits per heavy atom. The highest BCUT2D eigenvalue weighted by molar-refractivity contribution is 6.33. The molecule has 1 unspecified atom stereocenters. The van der Waals surface area contributed by atoms with E-state index in [0.717, 1.165) is 37.4 Å². The lowest BCUT2D eigenvalue weighted by molar-refractivity contribution is -0.903. The fraction of sp³-hybridized carbons (Fsp3) is 0.556. The van der Waals surface area contributed by atoms with Crippen molar-refractivity contribution in [3.05, 3.63) is 29.3 Å². The van der Waals surface area contributed by atoms with Gasteiger partial charge in [-0.05, 0) is 19.1 Å². The number of carbonyl (C=O) groups is 2. The standard InChI is InChI=1S/C18H27ClN4O2/c1-3-23-10-8-14(9-11-23)20-17(24)12-22(2)13-18(25)21-16-7-5-4-6-15(16)19/h4-7,14H,3,8-13H2,1-2H3,(H,20,24)(H,21,25)/p+2. The monoisotopic (exact) mass is 368 g/mol. The molecule has 0 spiro atoms. The van der Waals surface area contributed by atoms with Crippen LogP contribution in [0.3, 0.4) is 0 Å². The first kappa shape index (κ1) is 19.7. The normalized spacial score (nSPS) is 21.4. The number of amides is 2. The zero-order valence-corrected chi connectivity index (χ0v) is 15.8. The third-order valence-corrected chi connectivity index (χ3v) is 4.96. The summed E-state index contributed by atoms with van der Waals surface area (Å²) in [6.45, 7) is 6.08. The number of para-hydroxylation sites is 1. The van der Waals surface area contributed by atoms with Crippen molar-refractivity contribution >= 4 is 29.1 Å². The Hall–Kier alpha value is -1.63. The Labute approximate surface area is 154 Å². The van der Waals surface area contributed by atoms with Crippen molar-refractivity contribution in [1.82, 2.24) is 5.32 Å². The Morgan fingerprint density at radius 2 is 1.84 bits per heavy atom. The molecule has 1 atom stereocenters. The number of benzene rings is 1. The van der Waals surface area contributed by atoms with Gasteiger partial charge in [-0.3, -0.25) is 9.59 Å². The SMILES string of the molecule is CC[NH+]1CCC(NC(=O)C[NH+](C)CC(=O)Nc2ccccc2Cl)CC1. The van der Waals surface area contributed by atoms with E-state index >= 15 is 0 Å². The Morgan fingerprint density at radius 1 is 1.20 bits per heavy atom. The molecule has 2 rings (SSSR count). The second-order valence-electron chi connectivity index (χ2n) is 6.78. The topological polar surface area (TPSA) is 67.1 Å². The maximum atomic E-state index is 12.2. The molecule has 7 heteroatoms. The number of anilines is 1. The lowest BCUT2D eigenvalue weighted by atomic mass is 10.1. The number of likely N-dealkylation sites (tertiary alicyclic amines) is 1. The van der Waals surface area contributed by atoms with Crippen molar-refractivity contribution in [3.63, 3.8) is 0 Å². The summed E-state index contributed by atoms with van der Waals surface area (Å²) >= 11 is 6.03. The van der Waals surface area contributed by atoms with Gasteiger partial charge in [0.05, 0.1) is 37.4 Å². The van der Waals surface area contributed by atoms with E-state index in [0.29, 0.717) is 10.7 Å². The fourth-order valence-electron chi connectivity index (χ4n) is 3.17. The van der Waals surface area contributed by atoms with Gasteiger partial charge in [0, 0.05) is 18.9 Å². The van der Waals surface area contributed by atoms with E-state index in [1.807, 2.05) is 19.2 Å². The van der Waals surface area contributed by atoms with Gasteiger partial charge in [0.1, 0.15) is 0 Å². The molecule has 138 valence electrons. The number of piperidine rings is 1. The molecule has 0 aliphatic carbocycles. The van der Waals surface area contributed by atoms with Crippen LogP contribution in [0.5, 0.6) is 0 Å². The van der Waals surface area contributed by atoms with Crippen LogP contribution in [0.2, 0.25) is 5.02 Å². The smallest absolute Gasteiger partial charge is 0.279 e. The molecule has 2 amide bonds. The van der Waals surface area contributed by atoms with Crippen LogP contribution in [-0.4, -0.2) is 57.6 Å². The zero-order chi connectivity index (χ0) is 18.2. The number of hydrogen-bond donors (Lipinski definition) is 4. The average molecular weight is 369 g/mol. The van der Waals surface area contributed by atoms with Crippen LogP contribution in [0.15, 0.2) is 24.3 Å². The summed E-state index contributed by atoms with van der Waals surface area (Å²) in [4.78, 5) is 26.7. The molecule has 1 aromatic carbocycles. The van der Waals surface area contributed by atoms with Gasteiger partial charge in [-0.15, -0.1) is 0 Å². The predicted molar refractivity (Wildman–Crippen MR) is 99.1 cm³/mol. The molecular formula is C18H29ClN4O2+2. The lowest BCUT2D eigenvalue weighted by Gasteiger charge is -2.29. The van der Waals surface area contributed by atoms with Gasteiger partial charge in [0.2, 0.25) is 0 Å². The van der Waals surface area contributed by atoms with E-state index in [9.17, 15) is 9.59 Å². The molecule has 1 heterocycles. The number of carbonyl (C=O) groups excluding carboxylic acids is 2. The number of quaternary nitrogens is 2. The highest BCUT2D eigenvalue weighted by Crippen LogP contribution is 2.19. The van der Waals surface area contributed by atoms with E-state index < -0.39 is 0 Å². The van der Waals surface area contributed by atoms with Crippen LogP contribution in [0, 0.1) is 0 Å². The fourth-order valence-corrected chi connectivity index (χ4v) is 3.35. The van der Waals surface area contributed by atoms with Gasteiger partial charge < -0.3 is 20.4 Å². The molecule has 1 aliphatic heterocycles. The molecule has 1 aliphatic rings. The molecule has 25 heavy (non-hydrogen) atoms. The van der Waals surface area contributed by atoms with E-state index in [2.05, 4.69) is 17.6 Å². The zero-order valence-electron chi connectivity index (χ0n) is 15.0. The average Bonchev–Trinajstić information content (AvgIpc) is 2.57. The third kappa shape index (κ3) is 6.65. The maximum absolute atomic E-state index is 12.2. The van der Waals surface area contributed by atoms with Gasteiger partial charge in [-0.25, -0.2) is 0 Å². The summed E-state index contributed by atoms with van der Waals surface area (Å²) in [5.74, 6) is -0.147. The van der Waals surface area contributed by atoms with E-state index in [1.54, 1.807) is 17.0 Å². The van der Waals surface area contributed by atoms with Crippen LogP contribution < -0.4 is 20.4 Å². The third-order valence-electron chi connectivity index (χ3n) is 4.63. The van der Waals surface area contributed by atoms with Crippen molar-refractivity contribution < 1.29 is 19.4 Å². The highest BCUT2D eigenvalue weighted by atomic mass is 35.5. The molecule has 0 saturated carbocycles. The van der Waals surface area contributed by atoms with Crippen molar-refractivity contribution in [2.75, 3.05) is 45.1 Å². The quantitative estimate of drug-likeness (QED) is 0.497. The van der Waals surface area contributed by atoms with Crippen LogP contribution in [0.25, 0.3) is 0 Å². The van der Waals surface area contributed by atoms with Crippen molar-refractivity contribution in [2.45, 2.75) is 25.8 Å². The Kier molecular flexibility index (Phi) is 7.68. The van der Waals surface area contributed by atoms with Gasteiger partial charge >= 0.3 is 0 Å². The largest absolute Gasteiger partial charge is 0.348 e. The lowest BCUT2D eigenvalue weighted by Crippen LogP contribution is -3.13. The van der Waals surface area contributed by atoms with Crippen molar-refractivity contribution in [2.24, 2.45) is 0 Å².